The van der Waals surface area contributed by atoms with E-state index in [0.717, 1.165) is 4.88 Å². The summed E-state index contributed by atoms with van der Waals surface area (Å²) in [6.45, 7) is 0. The predicted octanol–water partition coefficient (Wildman–Crippen LogP) is 2.68. The van der Waals surface area contributed by atoms with Crippen molar-refractivity contribution in [3.63, 3.8) is 0 Å². The quantitative estimate of drug-likeness (QED) is 0.607. The first-order valence-electron chi connectivity index (χ1n) is 8.46. The molecule has 0 fully saturated rings. The van der Waals surface area contributed by atoms with E-state index in [1.165, 1.54) is 34.8 Å². The molecule has 29 heavy (non-hydrogen) atoms. The summed E-state index contributed by atoms with van der Waals surface area (Å²) in [5.41, 5.74) is 0.743. The Labute approximate surface area is 172 Å². The van der Waals surface area contributed by atoms with Gasteiger partial charge in [-0.2, -0.15) is 0 Å². The van der Waals surface area contributed by atoms with Crippen LogP contribution in [0.4, 0.5) is 5.13 Å². The normalized spacial score (nSPS) is 12.8. The standard InChI is InChI=1S/C19H13N3O5S2/c23-15(9-12-4-3-7-28-12)21-19-20-11(10-29-19)8-16(24)27-22-17(25)13-5-1-2-6-14(13)18(22)26/h1-7,10H,8-9H2,(H,20,21,23). The summed E-state index contributed by atoms with van der Waals surface area (Å²) in [5, 5.41) is 6.99. The van der Waals surface area contributed by atoms with E-state index in [0.29, 0.717) is 15.9 Å². The van der Waals surface area contributed by atoms with Gasteiger partial charge < -0.3 is 10.2 Å². The van der Waals surface area contributed by atoms with E-state index in [9.17, 15) is 19.2 Å². The molecule has 10 heteroatoms. The molecule has 3 amide bonds. The highest BCUT2D eigenvalue weighted by Crippen LogP contribution is 2.23. The topological polar surface area (TPSA) is 106 Å². The first-order chi connectivity index (χ1) is 14.0. The van der Waals surface area contributed by atoms with Crippen LogP contribution < -0.4 is 5.32 Å². The van der Waals surface area contributed by atoms with E-state index in [4.69, 9.17) is 4.84 Å². The monoisotopic (exact) mass is 427 g/mol. The number of hydrogen-bond donors (Lipinski definition) is 1. The molecule has 0 unspecified atom stereocenters. The molecule has 8 nitrogen and oxygen atoms in total. The van der Waals surface area contributed by atoms with E-state index in [2.05, 4.69) is 10.3 Å². The lowest BCUT2D eigenvalue weighted by Crippen LogP contribution is -2.33. The van der Waals surface area contributed by atoms with E-state index in [1.54, 1.807) is 17.5 Å². The third-order valence-electron chi connectivity index (χ3n) is 3.99. The smallest absolute Gasteiger partial charge is 0.329 e. The lowest BCUT2D eigenvalue weighted by molar-refractivity contribution is -0.167. The summed E-state index contributed by atoms with van der Waals surface area (Å²) in [4.78, 5) is 58.7. The molecule has 1 aliphatic heterocycles. The highest BCUT2D eigenvalue weighted by atomic mass is 32.1. The summed E-state index contributed by atoms with van der Waals surface area (Å²) in [6, 6.07) is 9.98. The minimum absolute atomic E-state index is 0.190. The lowest BCUT2D eigenvalue weighted by Gasteiger charge is -2.12. The Bertz CT molecular complexity index is 1070. The molecule has 0 spiro atoms. The zero-order valence-corrected chi connectivity index (χ0v) is 16.4. The summed E-state index contributed by atoms with van der Waals surface area (Å²) in [7, 11) is 0. The van der Waals surface area contributed by atoms with Gasteiger partial charge in [0.1, 0.15) is 0 Å². The number of amides is 3. The van der Waals surface area contributed by atoms with Gasteiger partial charge in [0.2, 0.25) is 5.91 Å². The van der Waals surface area contributed by atoms with Crippen LogP contribution in [0, 0.1) is 0 Å². The molecule has 0 saturated carbocycles. The molecular weight excluding hydrogens is 414 g/mol. The van der Waals surface area contributed by atoms with Gasteiger partial charge in [0.25, 0.3) is 11.8 Å². The largest absolute Gasteiger partial charge is 0.339 e. The van der Waals surface area contributed by atoms with Gasteiger partial charge in [0.15, 0.2) is 5.13 Å². The number of nitrogens with one attached hydrogen (secondary N) is 1. The SMILES string of the molecule is O=C(Cc1cccs1)Nc1nc(CC(=O)ON2C(=O)c3ccccc3C2=O)cs1. The maximum absolute atomic E-state index is 12.2. The Morgan fingerprint density at radius 3 is 2.38 bits per heavy atom. The maximum atomic E-state index is 12.2. The van der Waals surface area contributed by atoms with Crippen molar-refractivity contribution in [1.82, 2.24) is 10.0 Å². The van der Waals surface area contributed by atoms with Gasteiger partial charge in [0, 0.05) is 10.3 Å². The third-order valence-corrected chi connectivity index (χ3v) is 5.67. The Balaban J connectivity index is 1.33. The van der Waals surface area contributed by atoms with Crippen molar-refractivity contribution in [3.8, 4) is 0 Å². The van der Waals surface area contributed by atoms with Crippen LogP contribution in [0.3, 0.4) is 0 Å². The maximum Gasteiger partial charge on any atom is 0.339 e. The Morgan fingerprint density at radius 2 is 1.72 bits per heavy atom. The van der Waals surface area contributed by atoms with Crippen molar-refractivity contribution in [1.29, 1.82) is 0 Å². The zero-order chi connectivity index (χ0) is 20.4. The van der Waals surface area contributed by atoms with Crippen molar-refractivity contribution in [2.24, 2.45) is 0 Å². The fourth-order valence-electron chi connectivity index (χ4n) is 2.71. The van der Waals surface area contributed by atoms with Gasteiger partial charge in [-0.25, -0.2) is 9.78 Å². The fourth-order valence-corrected chi connectivity index (χ4v) is 4.14. The van der Waals surface area contributed by atoms with Gasteiger partial charge in [-0.15, -0.1) is 22.7 Å². The van der Waals surface area contributed by atoms with Crippen LogP contribution in [-0.4, -0.2) is 33.7 Å². The first kappa shape index (κ1) is 19.0. The van der Waals surface area contributed by atoms with Crippen molar-refractivity contribution >= 4 is 51.5 Å². The van der Waals surface area contributed by atoms with Crippen molar-refractivity contribution in [3.05, 3.63) is 68.9 Å². The molecule has 0 radical (unpaired) electrons. The second-order valence-electron chi connectivity index (χ2n) is 6.04. The number of nitrogens with zero attached hydrogens (tertiary/aromatic N) is 2. The number of carbonyl (C=O) groups is 4. The predicted molar refractivity (Wildman–Crippen MR) is 106 cm³/mol. The number of thiophene rings is 1. The van der Waals surface area contributed by atoms with Gasteiger partial charge in [-0.05, 0) is 23.6 Å². The average Bonchev–Trinajstić information content (AvgIpc) is 3.41. The first-order valence-corrected chi connectivity index (χ1v) is 10.2. The van der Waals surface area contributed by atoms with E-state index in [1.807, 2.05) is 17.5 Å². The van der Waals surface area contributed by atoms with Gasteiger partial charge >= 0.3 is 5.97 Å². The number of aromatic nitrogens is 1. The highest BCUT2D eigenvalue weighted by molar-refractivity contribution is 7.14. The molecule has 1 N–H and O–H groups in total. The van der Waals surface area contributed by atoms with Crippen molar-refractivity contribution in [2.75, 3.05) is 5.32 Å². The Morgan fingerprint density at radius 1 is 1.00 bits per heavy atom. The van der Waals surface area contributed by atoms with Crippen LogP contribution in [0.2, 0.25) is 0 Å². The summed E-state index contributed by atoms with van der Waals surface area (Å²) >= 11 is 2.66. The molecule has 3 heterocycles. The fraction of sp³-hybridized carbons (Fsp3) is 0.105. The number of anilines is 1. The lowest BCUT2D eigenvalue weighted by atomic mass is 10.1. The van der Waals surface area contributed by atoms with Gasteiger partial charge in [0.05, 0.1) is 29.7 Å². The zero-order valence-electron chi connectivity index (χ0n) is 14.8. The van der Waals surface area contributed by atoms with Crippen LogP contribution in [0.5, 0.6) is 0 Å². The van der Waals surface area contributed by atoms with Gasteiger partial charge in [-0.3, -0.25) is 14.4 Å². The number of rotatable bonds is 6. The summed E-state index contributed by atoms with van der Waals surface area (Å²) in [6.07, 6.45) is -0.000928. The molecule has 0 saturated heterocycles. The van der Waals surface area contributed by atoms with E-state index >= 15 is 0 Å². The number of benzene rings is 1. The minimum Gasteiger partial charge on any atom is -0.329 e. The van der Waals surface area contributed by atoms with Crippen molar-refractivity contribution in [2.45, 2.75) is 12.8 Å². The molecule has 1 aromatic carbocycles. The molecule has 3 aromatic rings. The molecule has 4 rings (SSSR count). The van der Waals surface area contributed by atoms with Gasteiger partial charge in [-0.1, -0.05) is 23.3 Å². The van der Waals surface area contributed by atoms with Crippen LogP contribution in [0.25, 0.3) is 0 Å². The second kappa shape index (κ2) is 7.94. The molecule has 1 aliphatic rings. The van der Waals surface area contributed by atoms with Crippen molar-refractivity contribution < 1.29 is 24.0 Å². The Hall–Kier alpha value is -3.37. The number of hydrogen-bond acceptors (Lipinski definition) is 8. The van der Waals surface area contributed by atoms with E-state index in [-0.39, 0.29) is 29.9 Å². The van der Waals surface area contributed by atoms with Crippen LogP contribution in [0.1, 0.15) is 31.3 Å². The number of imide groups is 1. The molecule has 146 valence electrons. The number of hydroxylamine groups is 2. The summed E-state index contributed by atoms with van der Waals surface area (Å²) in [5.74, 6) is -2.37. The summed E-state index contributed by atoms with van der Waals surface area (Å²) < 4.78 is 0. The molecule has 2 aromatic heterocycles. The van der Waals surface area contributed by atoms with E-state index < -0.39 is 17.8 Å². The molecular formula is C19H13N3O5S2. The second-order valence-corrected chi connectivity index (χ2v) is 7.93. The minimum atomic E-state index is -0.804. The van der Waals surface area contributed by atoms with Crippen LogP contribution in [-0.2, 0) is 27.3 Å². The Kier molecular flexibility index (Phi) is 5.19. The van der Waals surface area contributed by atoms with Crippen LogP contribution in [0.15, 0.2) is 47.2 Å². The number of fused-ring (bicyclic) bond motifs is 1. The molecule has 0 atom stereocenters. The van der Waals surface area contributed by atoms with Crippen LogP contribution >= 0.6 is 22.7 Å². The number of thiazole rings is 1. The molecule has 0 bridgehead atoms. The average molecular weight is 427 g/mol. The molecule has 0 aliphatic carbocycles. The highest BCUT2D eigenvalue weighted by Gasteiger charge is 2.38. The number of carbonyl (C=O) groups excluding carboxylic acids is 4. The third kappa shape index (κ3) is 4.08.